The van der Waals surface area contributed by atoms with E-state index in [4.69, 9.17) is 5.26 Å². The van der Waals surface area contributed by atoms with Gasteiger partial charge in [-0.3, -0.25) is 0 Å². The van der Waals surface area contributed by atoms with E-state index < -0.39 is 0 Å². The van der Waals surface area contributed by atoms with Crippen molar-refractivity contribution in [3.63, 3.8) is 0 Å². The zero-order valence-electron chi connectivity index (χ0n) is 12.8. The molecule has 0 unspecified atom stereocenters. The standard InChI is InChI=1S/C20H17N3/c21-13-19-11-12-20(22-14-19)23(15-17-7-3-1-4-8-17)16-18-9-5-2-6-10-18/h1-12,14H,15-16H2. The Bertz CT molecular complexity index is 733. The fourth-order valence-electron chi connectivity index (χ4n) is 2.46. The molecule has 2 aromatic carbocycles. The molecule has 1 heterocycles. The van der Waals surface area contributed by atoms with E-state index in [0.717, 1.165) is 18.9 Å². The molecule has 3 aromatic rings. The first-order valence-corrected chi connectivity index (χ1v) is 7.54. The number of hydrogen-bond acceptors (Lipinski definition) is 3. The average Bonchev–Trinajstić information content (AvgIpc) is 2.63. The molecule has 112 valence electrons. The topological polar surface area (TPSA) is 39.9 Å². The highest BCUT2D eigenvalue weighted by molar-refractivity contribution is 5.43. The summed E-state index contributed by atoms with van der Waals surface area (Å²) in [7, 11) is 0. The lowest BCUT2D eigenvalue weighted by Gasteiger charge is -2.24. The molecule has 0 aliphatic rings. The number of anilines is 1. The molecule has 1 aromatic heterocycles. The van der Waals surface area contributed by atoms with Gasteiger partial charge >= 0.3 is 0 Å². The van der Waals surface area contributed by atoms with Gasteiger partial charge in [0.1, 0.15) is 11.9 Å². The van der Waals surface area contributed by atoms with E-state index in [-0.39, 0.29) is 0 Å². The highest BCUT2D eigenvalue weighted by Crippen LogP contribution is 2.18. The van der Waals surface area contributed by atoms with E-state index in [0.29, 0.717) is 5.56 Å². The third kappa shape index (κ3) is 3.96. The van der Waals surface area contributed by atoms with Gasteiger partial charge in [0.15, 0.2) is 0 Å². The minimum atomic E-state index is 0.577. The van der Waals surface area contributed by atoms with Crippen LogP contribution in [0.25, 0.3) is 0 Å². The smallest absolute Gasteiger partial charge is 0.129 e. The number of rotatable bonds is 5. The van der Waals surface area contributed by atoms with Crippen molar-refractivity contribution in [3.05, 3.63) is 95.7 Å². The van der Waals surface area contributed by atoms with E-state index >= 15 is 0 Å². The second-order valence-electron chi connectivity index (χ2n) is 5.34. The lowest BCUT2D eigenvalue weighted by atomic mass is 10.1. The summed E-state index contributed by atoms with van der Waals surface area (Å²) in [5, 5.41) is 8.93. The summed E-state index contributed by atoms with van der Waals surface area (Å²) in [6.45, 7) is 1.54. The van der Waals surface area contributed by atoms with E-state index in [9.17, 15) is 0 Å². The maximum Gasteiger partial charge on any atom is 0.129 e. The molecule has 3 nitrogen and oxygen atoms in total. The largest absolute Gasteiger partial charge is 0.348 e. The molecule has 0 fully saturated rings. The fourth-order valence-corrected chi connectivity index (χ4v) is 2.46. The second-order valence-corrected chi connectivity index (χ2v) is 5.34. The summed E-state index contributed by atoms with van der Waals surface area (Å²) in [5.41, 5.74) is 3.04. The van der Waals surface area contributed by atoms with Gasteiger partial charge in [0, 0.05) is 19.3 Å². The number of nitriles is 1. The maximum absolute atomic E-state index is 8.93. The van der Waals surface area contributed by atoms with Crippen LogP contribution in [0.5, 0.6) is 0 Å². The highest BCUT2D eigenvalue weighted by Gasteiger charge is 2.10. The summed E-state index contributed by atoms with van der Waals surface area (Å²) in [4.78, 5) is 6.66. The normalized spacial score (nSPS) is 10.0. The molecule has 0 radical (unpaired) electrons. The molecule has 3 heteroatoms. The van der Waals surface area contributed by atoms with Gasteiger partial charge in [0.2, 0.25) is 0 Å². The summed E-state index contributed by atoms with van der Waals surface area (Å²) in [6, 6.07) is 26.5. The maximum atomic E-state index is 8.93. The quantitative estimate of drug-likeness (QED) is 0.710. The Labute approximate surface area is 136 Å². The van der Waals surface area contributed by atoms with Crippen LogP contribution in [-0.2, 0) is 13.1 Å². The first kappa shape index (κ1) is 14.8. The summed E-state index contributed by atoms with van der Waals surface area (Å²) >= 11 is 0. The van der Waals surface area contributed by atoms with E-state index in [1.54, 1.807) is 6.20 Å². The Morgan fingerprint density at radius 2 is 1.35 bits per heavy atom. The van der Waals surface area contributed by atoms with Crippen molar-refractivity contribution in [2.75, 3.05) is 4.90 Å². The van der Waals surface area contributed by atoms with Gasteiger partial charge in [-0.25, -0.2) is 4.98 Å². The van der Waals surface area contributed by atoms with Crippen molar-refractivity contribution in [1.29, 1.82) is 5.26 Å². The van der Waals surface area contributed by atoms with Crippen molar-refractivity contribution >= 4 is 5.82 Å². The van der Waals surface area contributed by atoms with Crippen molar-refractivity contribution < 1.29 is 0 Å². The number of benzene rings is 2. The molecule has 0 N–H and O–H groups in total. The molecular formula is C20H17N3. The van der Waals surface area contributed by atoms with Crippen LogP contribution in [0.15, 0.2) is 79.0 Å². The van der Waals surface area contributed by atoms with Gasteiger partial charge in [0.05, 0.1) is 5.56 Å². The van der Waals surface area contributed by atoms with Crippen molar-refractivity contribution in [1.82, 2.24) is 4.98 Å². The van der Waals surface area contributed by atoms with Crippen LogP contribution < -0.4 is 4.90 Å². The fraction of sp³-hybridized carbons (Fsp3) is 0.100. The van der Waals surface area contributed by atoms with Gasteiger partial charge in [-0.15, -0.1) is 0 Å². The minimum Gasteiger partial charge on any atom is -0.348 e. The summed E-state index contributed by atoms with van der Waals surface area (Å²) < 4.78 is 0. The molecule has 0 spiro atoms. The molecule has 0 aliphatic carbocycles. The SMILES string of the molecule is N#Cc1ccc(N(Cc2ccccc2)Cc2ccccc2)nc1. The first-order valence-electron chi connectivity index (χ1n) is 7.54. The van der Waals surface area contributed by atoms with Crippen LogP contribution in [0.2, 0.25) is 0 Å². The number of nitrogens with zero attached hydrogens (tertiary/aromatic N) is 3. The highest BCUT2D eigenvalue weighted by atomic mass is 15.2. The van der Waals surface area contributed by atoms with E-state index in [1.165, 1.54) is 11.1 Å². The van der Waals surface area contributed by atoms with Crippen molar-refractivity contribution in [2.45, 2.75) is 13.1 Å². The molecule has 0 atom stereocenters. The third-order valence-corrected chi connectivity index (χ3v) is 3.63. The summed E-state index contributed by atoms with van der Waals surface area (Å²) in [5.74, 6) is 0.872. The average molecular weight is 299 g/mol. The Hall–Kier alpha value is -3.12. The molecule has 0 saturated carbocycles. The molecule has 0 aliphatic heterocycles. The Kier molecular flexibility index (Phi) is 4.66. The Balaban J connectivity index is 1.87. The van der Waals surface area contributed by atoms with Crippen LogP contribution in [0, 0.1) is 11.3 Å². The Morgan fingerprint density at radius 3 is 1.78 bits per heavy atom. The van der Waals surface area contributed by atoms with E-state index in [1.807, 2.05) is 48.5 Å². The molecular weight excluding hydrogens is 282 g/mol. The van der Waals surface area contributed by atoms with Gasteiger partial charge in [0.25, 0.3) is 0 Å². The molecule has 0 saturated heterocycles. The van der Waals surface area contributed by atoms with Crippen molar-refractivity contribution in [2.24, 2.45) is 0 Å². The second kappa shape index (κ2) is 7.24. The predicted molar refractivity (Wildman–Crippen MR) is 91.7 cm³/mol. The minimum absolute atomic E-state index is 0.577. The van der Waals surface area contributed by atoms with Crippen LogP contribution in [-0.4, -0.2) is 4.98 Å². The van der Waals surface area contributed by atoms with Gasteiger partial charge < -0.3 is 4.90 Å². The Morgan fingerprint density at radius 1 is 0.783 bits per heavy atom. The van der Waals surface area contributed by atoms with Crippen LogP contribution in [0.4, 0.5) is 5.82 Å². The van der Waals surface area contributed by atoms with Crippen LogP contribution in [0.3, 0.4) is 0 Å². The third-order valence-electron chi connectivity index (χ3n) is 3.63. The first-order chi connectivity index (χ1) is 11.3. The monoisotopic (exact) mass is 299 g/mol. The summed E-state index contributed by atoms with van der Waals surface area (Å²) in [6.07, 6.45) is 1.62. The lowest BCUT2D eigenvalue weighted by Crippen LogP contribution is -2.23. The zero-order valence-corrected chi connectivity index (χ0v) is 12.8. The molecule has 23 heavy (non-hydrogen) atoms. The zero-order chi connectivity index (χ0) is 15.9. The van der Waals surface area contributed by atoms with E-state index in [2.05, 4.69) is 40.2 Å². The molecule has 3 rings (SSSR count). The van der Waals surface area contributed by atoms with Gasteiger partial charge in [-0.05, 0) is 23.3 Å². The number of hydrogen-bond donors (Lipinski definition) is 0. The van der Waals surface area contributed by atoms with Crippen LogP contribution in [0.1, 0.15) is 16.7 Å². The van der Waals surface area contributed by atoms with Crippen LogP contribution >= 0.6 is 0 Å². The number of pyridine rings is 1. The molecule has 0 amide bonds. The molecule has 0 bridgehead atoms. The van der Waals surface area contributed by atoms with Gasteiger partial charge in [-0.2, -0.15) is 5.26 Å². The lowest BCUT2D eigenvalue weighted by molar-refractivity contribution is 0.783. The number of aromatic nitrogens is 1. The predicted octanol–water partition coefficient (Wildman–Crippen LogP) is 4.16. The van der Waals surface area contributed by atoms with Crippen molar-refractivity contribution in [3.8, 4) is 6.07 Å². The van der Waals surface area contributed by atoms with Gasteiger partial charge in [-0.1, -0.05) is 60.7 Å².